The average Bonchev–Trinajstić information content (AvgIpc) is 2.65. The van der Waals surface area contributed by atoms with Crippen molar-refractivity contribution in [3.8, 4) is 0 Å². The fourth-order valence-corrected chi connectivity index (χ4v) is 2.78. The van der Waals surface area contributed by atoms with Gasteiger partial charge < -0.3 is 10.2 Å². The summed E-state index contributed by atoms with van der Waals surface area (Å²) in [6.07, 6.45) is 1.69. The summed E-state index contributed by atoms with van der Waals surface area (Å²) < 4.78 is 0. The first-order valence-corrected chi connectivity index (χ1v) is 8.75. The standard InChI is InChI=1S/C22H23N3O/c1-4-25(20-7-5-6-17(3)14-20)22(26)21-13-12-19(15-23-21)24-18-10-8-16(2)9-11-18/h5-15,24H,4H2,1-3H3. The Morgan fingerprint density at radius 3 is 2.31 bits per heavy atom. The van der Waals surface area contributed by atoms with Crippen molar-refractivity contribution in [2.75, 3.05) is 16.8 Å². The molecule has 0 fully saturated rings. The van der Waals surface area contributed by atoms with E-state index in [1.54, 1.807) is 17.2 Å². The van der Waals surface area contributed by atoms with E-state index >= 15 is 0 Å². The first kappa shape index (κ1) is 17.7. The molecule has 1 N–H and O–H groups in total. The van der Waals surface area contributed by atoms with Crippen molar-refractivity contribution < 1.29 is 4.79 Å². The Labute approximate surface area is 154 Å². The van der Waals surface area contributed by atoms with Crippen molar-refractivity contribution in [1.29, 1.82) is 0 Å². The average molecular weight is 345 g/mol. The summed E-state index contributed by atoms with van der Waals surface area (Å²) in [5.74, 6) is -0.0972. The molecule has 0 atom stereocenters. The molecule has 1 amide bonds. The Bertz CT molecular complexity index is 886. The second kappa shape index (κ2) is 7.83. The molecule has 0 saturated heterocycles. The minimum absolute atomic E-state index is 0.0972. The highest BCUT2D eigenvalue weighted by Crippen LogP contribution is 2.20. The monoisotopic (exact) mass is 345 g/mol. The molecule has 3 rings (SSSR count). The molecule has 0 unspecified atom stereocenters. The van der Waals surface area contributed by atoms with E-state index in [1.165, 1.54) is 5.56 Å². The van der Waals surface area contributed by atoms with Gasteiger partial charge in [-0.15, -0.1) is 0 Å². The van der Waals surface area contributed by atoms with Gasteiger partial charge in [0.05, 0.1) is 11.9 Å². The molecular formula is C22H23N3O. The van der Waals surface area contributed by atoms with E-state index in [0.29, 0.717) is 12.2 Å². The fourth-order valence-electron chi connectivity index (χ4n) is 2.78. The van der Waals surface area contributed by atoms with Crippen molar-refractivity contribution in [3.63, 3.8) is 0 Å². The van der Waals surface area contributed by atoms with Crippen molar-refractivity contribution in [2.24, 2.45) is 0 Å². The maximum atomic E-state index is 12.8. The van der Waals surface area contributed by atoms with Crippen LogP contribution in [0.15, 0.2) is 66.9 Å². The number of carbonyl (C=O) groups is 1. The Kier molecular flexibility index (Phi) is 5.32. The van der Waals surface area contributed by atoms with Crippen LogP contribution in [0.5, 0.6) is 0 Å². The summed E-state index contributed by atoms with van der Waals surface area (Å²) in [5, 5.41) is 3.29. The molecule has 132 valence electrons. The molecule has 1 heterocycles. The van der Waals surface area contributed by atoms with Gasteiger partial charge in [0.15, 0.2) is 0 Å². The van der Waals surface area contributed by atoms with E-state index < -0.39 is 0 Å². The largest absolute Gasteiger partial charge is 0.354 e. The smallest absolute Gasteiger partial charge is 0.276 e. The number of aromatic nitrogens is 1. The third-order valence-electron chi connectivity index (χ3n) is 4.20. The molecular weight excluding hydrogens is 322 g/mol. The van der Waals surface area contributed by atoms with Crippen LogP contribution < -0.4 is 10.2 Å². The number of carbonyl (C=O) groups excluding carboxylic acids is 1. The van der Waals surface area contributed by atoms with Gasteiger partial charge >= 0.3 is 0 Å². The second-order valence-corrected chi connectivity index (χ2v) is 6.31. The van der Waals surface area contributed by atoms with Gasteiger partial charge in [-0.2, -0.15) is 0 Å². The van der Waals surface area contributed by atoms with Gasteiger partial charge in [0, 0.05) is 17.9 Å². The highest BCUT2D eigenvalue weighted by atomic mass is 16.2. The number of benzene rings is 2. The van der Waals surface area contributed by atoms with Crippen LogP contribution in [-0.4, -0.2) is 17.4 Å². The lowest BCUT2D eigenvalue weighted by Gasteiger charge is -2.21. The number of amides is 1. The third-order valence-corrected chi connectivity index (χ3v) is 4.20. The van der Waals surface area contributed by atoms with E-state index in [-0.39, 0.29) is 5.91 Å². The summed E-state index contributed by atoms with van der Waals surface area (Å²) in [6, 6.07) is 19.7. The van der Waals surface area contributed by atoms with Crippen molar-refractivity contribution in [1.82, 2.24) is 4.98 Å². The molecule has 2 aromatic carbocycles. The van der Waals surface area contributed by atoms with Gasteiger partial charge in [-0.1, -0.05) is 29.8 Å². The Balaban J connectivity index is 1.76. The lowest BCUT2D eigenvalue weighted by Crippen LogP contribution is -2.31. The molecule has 4 heteroatoms. The zero-order chi connectivity index (χ0) is 18.5. The Hall–Kier alpha value is -3.14. The SMILES string of the molecule is CCN(C(=O)c1ccc(Nc2ccc(C)cc2)cn1)c1cccc(C)c1. The van der Waals surface area contributed by atoms with E-state index in [2.05, 4.69) is 29.4 Å². The normalized spacial score (nSPS) is 10.4. The van der Waals surface area contributed by atoms with Crippen LogP contribution in [0.4, 0.5) is 17.1 Å². The number of hydrogen-bond donors (Lipinski definition) is 1. The predicted molar refractivity (Wildman–Crippen MR) is 107 cm³/mol. The van der Waals surface area contributed by atoms with Gasteiger partial charge in [-0.25, -0.2) is 4.98 Å². The first-order chi connectivity index (χ1) is 12.6. The van der Waals surface area contributed by atoms with Crippen LogP contribution in [0.2, 0.25) is 0 Å². The maximum absolute atomic E-state index is 12.8. The molecule has 0 bridgehead atoms. The highest BCUT2D eigenvalue weighted by Gasteiger charge is 2.17. The third kappa shape index (κ3) is 4.09. The molecule has 0 saturated carbocycles. The number of anilines is 3. The predicted octanol–water partition coefficient (Wildman–Crippen LogP) is 5.11. The summed E-state index contributed by atoms with van der Waals surface area (Å²) in [4.78, 5) is 18.9. The Morgan fingerprint density at radius 2 is 1.69 bits per heavy atom. The number of rotatable bonds is 5. The van der Waals surface area contributed by atoms with Gasteiger partial charge in [-0.05, 0) is 62.7 Å². The first-order valence-electron chi connectivity index (χ1n) is 8.75. The van der Waals surface area contributed by atoms with E-state index in [1.807, 2.05) is 56.3 Å². The summed E-state index contributed by atoms with van der Waals surface area (Å²) in [5.41, 5.74) is 5.50. The number of nitrogens with zero attached hydrogens (tertiary/aromatic N) is 2. The molecule has 0 radical (unpaired) electrons. The van der Waals surface area contributed by atoms with Crippen LogP contribution in [0.25, 0.3) is 0 Å². The zero-order valence-corrected chi connectivity index (χ0v) is 15.4. The number of aryl methyl sites for hydroxylation is 2. The second-order valence-electron chi connectivity index (χ2n) is 6.31. The number of pyridine rings is 1. The zero-order valence-electron chi connectivity index (χ0n) is 15.4. The van der Waals surface area contributed by atoms with Crippen molar-refractivity contribution in [2.45, 2.75) is 20.8 Å². The van der Waals surface area contributed by atoms with Crippen LogP contribution in [0, 0.1) is 13.8 Å². The van der Waals surface area contributed by atoms with E-state index in [4.69, 9.17) is 0 Å². The molecule has 0 aliphatic heterocycles. The van der Waals surface area contributed by atoms with Crippen molar-refractivity contribution in [3.05, 3.63) is 83.7 Å². The number of nitrogens with one attached hydrogen (secondary N) is 1. The van der Waals surface area contributed by atoms with Gasteiger partial charge in [0.2, 0.25) is 0 Å². The topological polar surface area (TPSA) is 45.2 Å². The molecule has 0 spiro atoms. The van der Waals surface area contributed by atoms with Crippen LogP contribution in [0.3, 0.4) is 0 Å². The van der Waals surface area contributed by atoms with Gasteiger partial charge in [0.25, 0.3) is 5.91 Å². The molecule has 0 aliphatic carbocycles. The van der Waals surface area contributed by atoms with Crippen LogP contribution in [-0.2, 0) is 0 Å². The minimum Gasteiger partial charge on any atom is -0.354 e. The quantitative estimate of drug-likeness (QED) is 0.699. The van der Waals surface area contributed by atoms with Crippen LogP contribution >= 0.6 is 0 Å². The van der Waals surface area contributed by atoms with Crippen LogP contribution in [0.1, 0.15) is 28.5 Å². The number of hydrogen-bond acceptors (Lipinski definition) is 3. The van der Waals surface area contributed by atoms with E-state index in [9.17, 15) is 4.79 Å². The molecule has 4 nitrogen and oxygen atoms in total. The maximum Gasteiger partial charge on any atom is 0.276 e. The molecule has 3 aromatic rings. The molecule has 26 heavy (non-hydrogen) atoms. The molecule has 0 aliphatic rings. The fraction of sp³-hybridized carbons (Fsp3) is 0.182. The van der Waals surface area contributed by atoms with Gasteiger partial charge in [0.1, 0.15) is 5.69 Å². The van der Waals surface area contributed by atoms with Gasteiger partial charge in [-0.3, -0.25) is 4.79 Å². The van der Waals surface area contributed by atoms with E-state index in [0.717, 1.165) is 22.6 Å². The molecule has 1 aromatic heterocycles. The summed E-state index contributed by atoms with van der Waals surface area (Å²) in [6.45, 7) is 6.63. The minimum atomic E-state index is -0.0972. The summed E-state index contributed by atoms with van der Waals surface area (Å²) >= 11 is 0. The lowest BCUT2D eigenvalue weighted by atomic mass is 10.2. The van der Waals surface area contributed by atoms with Crippen molar-refractivity contribution >= 4 is 23.0 Å². The highest BCUT2D eigenvalue weighted by molar-refractivity contribution is 6.04. The lowest BCUT2D eigenvalue weighted by molar-refractivity contribution is 0.0983. The Morgan fingerprint density at radius 1 is 0.962 bits per heavy atom. The summed E-state index contributed by atoms with van der Waals surface area (Å²) in [7, 11) is 0.